The van der Waals surface area contributed by atoms with Crippen LogP contribution in [-0.4, -0.2) is 16.9 Å². The zero-order chi connectivity index (χ0) is 12.4. The number of rotatable bonds is 2. The van der Waals surface area contributed by atoms with Crippen LogP contribution in [0.5, 0.6) is 0 Å². The molecule has 3 N–H and O–H groups in total. The predicted octanol–water partition coefficient (Wildman–Crippen LogP) is 2.24. The van der Waals surface area contributed by atoms with E-state index in [-0.39, 0.29) is 17.6 Å². The number of hydrogen-bond donors (Lipinski definition) is 2. The first-order valence-electron chi connectivity index (χ1n) is 5.81. The van der Waals surface area contributed by atoms with Gasteiger partial charge in [0.1, 0.15) is 11.5 Å². The first-order valence-corrected chi connectivity index (χ1v) is 6.18. The summed E-state index contributed by atoms with van der Waals surface area (Å²) in [7, 11) is 0. The van der Waals surface area contributed by atoms with Crippen molar-refractivity contribution in [2.45, 2.75) is 32.2 Å². The number of carbonyl (C=O) groups excluding carboxylic acids is 1. The smallest absolute Gasteiger partial charge is 0.271 e. The average molecular weight is 254 g/mol. The lowest BCUT2D eigenvalue weighted by atomic mass is 10.1. The van der Waals surface area contributed by atoms with Crippen LogP contribution in [-0.2, 0) is 0 Å². The number of nitrogens with two attached hydrogens (primary N) is 1. The molecule has 2 unspecified atom stereocenters. The fraction of sp³-hybridized carbons (Fsp3) is 0.500. The fourth-order valence-electron chi connectivity index (χ4n) is 2.21. The van der Waals surface area contributed by atoms with Crippen LogP contribution in [0.1, 0.15) is 36.7 Å². The van der Waals surface area contributed by atoms with E-state index in [1.807, 2.05) is 0 Å². The Hall–Kier alpha value is -1.29. The molecule has 0 saturated heterocycles. The quantitative estimate of drug-likeness (QED) is 0.849. The summed E-state index contributed by atoms with van der Waals surface area (Å²) in [5, 5.41) is 3.31. The van der Waals surface area contributed by atoms with Gasteiger partial charge in [0.15, 0.2) is 0 Å². The van der Waals surface area contributed by atoms with Crippen LogP contribution in [0.3, 0.4) is 0 Å². The third-order valence-electron chi connectivity index (χ3n) is 3.26. The minimum atomic E-state index is -0.235. The van der Waals surface area contributed by atoms with Gasteiger partial charge in [-0.3, -0.25) is 4.79 Å². The van der Waals surface area contributed by atoms with Crippen LogP contribution in [0.15, 0.2) is 12.1 Å². The number of amides is 1. The Morgan fingerprint density at radius 1 is 1.53 bits per heavy atom. The van der Waals surface area contributed by atoms with Crippen molar-refractivity contribution in [3.63, 3.8) is 0 Å². The number of pyridine rings is 1. The Balaban J connectivity index is 2.11. The van der Waals surface area contributed by atoms with Crippen LogP contribution >= 0.6 is 11.6 Å². The average Bonchev–Trinajstić information content (AvgIpc) is 2.68. The van der Waals surface area contributed by atoms with Crippen molar-refractivity contribution in [2.24, 2.45) is 5.92 Å². The summed E-state index contributed by atoms with van der Waals surface area (Å²) < 4.78 is 0. The van der Waals surface area contributed by atoms with Gasteiger partial charge in [0.2, 0.25) is 0 Å². The summed E-state index contributed by atoms with van der Waals surface area (Å²) in [5.74, 6) is 0.582. The minimum absolute atomic E-state index is 0.214. The van der Waals surface area contributed by atoms with Crippen molar-refractivity contribution < 1.29 is 4.79 Å². The number of nitrogen functional groups attached to an aromatic ring is 1. The molecule has 4 nitrogen and oxygen atoms in total. The molecule has 1 saturated carbocycles. The van der Waals surface area contributed by atoms with Crippen molar-refractivity contribution >= 4 is 23.3 Å². The summed E-state index contributed by atoms with van der Waals surface area (Å²) in [6.07, 6.45) is 3.33. The highest BCUT2D eigenvalue weighted by molar-refractivity contribution is 6.33. The van der Waals surface area contributed by atoms with E-state index in [2.05, 4.69) is 17.2 Å². The van der Waals surface area contributed by atoms with Crippen molar-refractivity contribution in [2.75, 3.05) is 5.73 Å². The minimum Gasteiger partial charge on any atom is -0.384 e. The molecule has 1 fully saturated rings. The van der Waals surface area contributed by atoms with E-state index in [1.165, 1.54) is 0 Å². The number of halogens is 1. The largest absolute Gasteiger partial charge is 0.384 e. The molecule has 5 heteroatoms. The van der Waals surface area contributed by atoms with E-state index in [4.69, 9.17) is 17.3 Å². The third kappa shape index (κ3) is 2.69. The zero-order valence-electron chi connectivity index (χ0n) is 9.74. The summed E-state index contributed by atoms with van der Waals surface area (Å²) in [6, 6.07) is 3.40. The third-order valence-corrected chi connectivity index (χ3v) is 3.57. The molecule has 0 aromatic carbocycles. The molecule has 1 aliphatic carbocycles. The normalized spacial score (nSPS) is 23.6. The van der Waals surface area contributed by atoms with Crippen LogP contribution < -0.4 is 11.1 Å². The van der Waals surface area contributed by atoms with E-state index in [1.54, 1.807) is 12.1 Å². The maximum atomic E-state index is 12.0. The van der Waals surface area contributed by atoms with E-state index in [0.29, 0.717) is 16.8 Å². The van der Waals surface area contributed by atoms with E-state index < -0.39 is 0 Å². The lowest BCUT2D eigenvalue weighted by Crippen LogP contribution is -2.37. The lowest BCUT2D eigenvalue weighted by molar-refractivity contribution is 0.0925. The molecule has 17 heavy (non-hydrogen) atoms. The van der Waals surface area contributed by atoms with Gasteiger partial charge in [0, 0.05) is 6.04 Å². The Morgan fingerprint density at radius 2 is 2.29 bits per heavy atom. The molecule has 0 bridgehead atoms. The first-order chi connectivity index (χ1) is 8.08. The van der Waals surface area contributed by atoms with Gasteiger partial charge in [-0.1, -0.05) is 24.9 Å². The van der Waals surface area contributed by atoms with Crippen LogP contribution in [0.4, 0.5) is 5.82 Å². The number of nitrogens with one attached hydrogen (secondary N) is 1. The molecule has 1 heterocycles. The van der Waals surface area contributed by atoms with Gasteiger partial charge in [-0.15, -0.1) is 0 Å². The van der Waals surface area contributed by atoms with Gasteiger partial charge < -0.3 is 11.1 Å². The Labute approximate surface area is 106 Å². The van der Waals surface area contributed by atoms with Gasteiger partial charge in [0.25, 0.3) is 5.91 Å². The van der Waals surface area contributed by atoms with Crippen molar-refractivity contribution in [1.82, 2.24) is 10.3 Å². The molecule has 1 aromatic rings. The van der Waals surface area contributed by atoms with Gasteiger partial charge in [0.05, 0.1) is 5.02 Å². The van der Waals surface area contributed by atoms with Crippen LogP contribution in [0.25, 0.3) is 0 Å². The topological polar surface area (TPSA) is 68.0 Å². The highest BCUT2D eigenvalue weighted by Crippen LogP contribution is 2.25. The summed E-state index contributed by atoms with van der Waals surface area (Å²) in [4.78, 5) is 16.0. The summed E-state index contributed by atoms with van der Waals surface area (Å²) >= 11 is 5.93. The van der Waals surface area contributed by atoms with E-state index in [9.17, 15) is 4.79 Å². The van der Waals surface area contributed by atoms with E-state index >= 15 is 0 Å². The van der Waals surface area contributed by atoms with Gasteiger partial charge in [-0.05, 0) is 30.9 Å². The highest BCUT2D eigenvalue weighted by atomic mass is 35.5. The zero-order valence-corrected chi connectivity index (χ0v) is 10.5. The van der Waals surface area contributed by atoms with Gasteiger partial charge in [-0.25, -0.2) is 4.98 Å². The molecule has 2 atom stereocenters. The number of hydrogen-bond acceptors (Lipinski definition) is 3. The SMILES string of the molecule is CC1CCCC1NC(=O)c1nc(N)ccc1Cl. The molecule has 1 amide bonds. The number of nitrogens with zero attached hydrogens (tertiary/aromatic N) is 1. The molecule has 0 spiro atoms. The molecule has 0 radical (unpaired) electrons. The second-order valence-corrected chi connectivity index (χ2v) is 4.96. The number of carbonyl (C=O) groups is 1. The maximum Gasteiger partial charge on any atom is 0.271 e. The highest BCUT2D eigenvalue weighted by Gasteiger charge is 2.26. The Morgan fingerprint density at radius 3 is 2.94 bits per heavy atom. The Kier molecular flexibility index (Phi) is 3.52. The van der Waals surface area contributed by atoms with Gasteiger partial charge >= 0.3 is 0 Å². The van der Waals surface area contributed by atoms with E-state index in [0.717, 1.165) is 19.3 Å². The molecule has 1 aliphatic rings. The second-order valence-electron chi connectivity index (χ2n) is 4.55. The molecular formula is C12H16ClN3O. The number of anilines is 1. The standard InChI is InChI=1S/C12H16ClN3O/c1-7-3-2-4-9(7)15-12(17)11-8(13)5-6-10(14)16-11/h5-7,9H,2-4H2,1H3,(H2,14,16)(H,15,17). The van der Waals surface area contributed by atoms with Crippen molar-refractivity contribution in [1.29, 1.82) is 0 Å². The summed E-state index contributed by atoms with van der Waals surface area (Å²) in [5.41, 5.74) is 5.76. The Bertz CT molecular complexity index is 436. The van der Waals surface area contributed by atoms with Crippen molar-refractivity contribution in [3.8, 4) is 0 Å². The second kappa shape index (κ2) is 4.92. The van der Waals surface area contributed by atoms with Crippen LogP contribution in [0.2, 0.25) is 5.02 Å². The predicted molar refractivity (Wildman–Crippen MR) is 67.9 cm³/mol. The first kappa shape index (κ1) is 12.2. The van der Waals surface area contributed by atoms with Gasteiger partial charge in [-0.2, -0.15) is 0 Å². The van der Waals surface area contributed by atoms with Crippen molar-refractivity contribution in [3.05, 3.63) is 22.8 Å². The maximum absolute atomic E-state index is 12.0. The molecule has 2 rings (SSSR count). The molecular weight excluding hydrogens is 238 g/mol. The number of aromatic nitrogens is 1. The molecule has 92 valence electrons. The molecule has 0 aliphatic heterocycles. The lowest BCUT2D eigenvalue weighted by Gasteiger charge is -2.17. The monoisotopic (exact) mass is 253 g/mol. The van der Waals surface area contributed by atoms with Crippen LogP contribution in [0, 0.1) is 5.92 Å². The fourth-order valence-corrected chi connectivity index (χ4v) is 2.40. The molecule has 1 aromatic heterocycles. The summed E-state index contributed by atoms with van der Waals surface area (Å²) in [6.45, 7) is 2.15.